The highest BCUT2D eigenvalue weighted by Gasteiger charge is 2.29. The van der Waals surface area contributed by atoms with E-state index in [1.54, 1.807) is 6.92 Å². The number of aliphatic hydroxyl groups is 1. The van der Waals surface area contributed by atoms with Gasteiger partial charge in [-0.25, -0.2) is 4.79 Å². The molecule has 3 unspecified atom stereocenters. The monoisotopic (exact) mass is 442 g/mol. The molecular formula is C28H30N2O3. The van der Waals surface area contributed by atoms with E-state index >= 15 is 0 Å². The van der Waals surface area contributed by atoms with Crippen molar-refractivity contribution in [1.29, 1.82) is 0 Å². The molecule has 0 aromatic heterocycles. The molecule has 33 heavy (non-hydrogen) atoms. The molecule has 0 amide bonds. The summed E-state index contributed by atoms with van der Waals surface area (Å²) in [7, 11) is 0. The Morgan fingerprint density at radius 2 is 1.42 bits per heavy atom. The molecule has 0 aliphatic carbocycles. The van der Waals surface area contributed by atoms with Crippen LogP contribution in [0, 0.1) is 0 Å². The molecule has 5 heteroatoms. The number of hydrogen-bond donors (Lipinski definition) is 1. The molecular weight excluding hydrogens is 412 g/mol. The molecule has 170 valence electrons. The summed E-state index contributed by atoms with van der Waals surface area (Å²) in [5, 5.41) is 10.4. The molecule has 1 heterocycles. The maximum atomic E-state index is 11.1. The third kappa shape index (κ3) is 5.71. The van der Waals surface area contributed by atoms with Crippen LogP contribution in [0.4, 0.5) is 5.69 Å². The molecule has 1 aliphatic heterocycles. The Balaban J connectivity index is 1.43. The first-order valence-electron chi connectivity index (χ1n) is 11.4. The van der Waals surface area contributed by atoms with Gasteiger partial charge in [0.2, 0.25) is 0 Å². The predicted molar refractivity (Wildman–Crippen MR) is 131 cm³/mol. The van der Waals surface area contributed by atoms with E-state index in [2.05, 4.69) is 34.1 Å². The van der Waals surface area contributed by atoms with Crippen LogP contribution < -0.4 is 9.64 Å². The highest BCUT2D eigenvalue weighted by molar-refractivity contribution is 5.53. The van der Waals surface area contributed by atoms with Gasteiger partial charge in [-0.2, -0.15) is 0 Å². The third-order valence-electron chi connectivity index (χ3n) is 6.10. The summed E-state index contributed by atoms with van der Waals surface area (Å²) < 4.78 is 6.23. The second-order valence-electron chi connectivity index (χ2n) is 8.35. The van der Waals surface area contributed by atoms with Crippen molar-refractivity contribution in [2.75, 3.05) is 31.1 Å². The highest BCUT2D eigenvalue weighted by atomic mass is 16.5. The van der Waals surface area contributed by atoms with Crippen LogP contribution in [0.25, 0.3) is 0 Å². The topological polar surface area (TPSA) is 53.0 Å². The number of carbonyl (C=O) groups excluding carboxylic acids is 1. The standard InChI is InChI=1S/C28H30N2O3/c1-22(32)28(30-19-17-29(18-20-30)25-10-6-3-7-11-25)33-26-14-12-24(13-15-26)27(16-21-31)23-8-4-2-5-9-23/h2-16,22,27-28,32H,17-20H2,1H3. The van der Waals surface area contributed by atoms with Crippen LogP contribution in [0.1, 0.15) is 24.0 Å². The van der Waals surface area contributed by atoms with E-state index in [4.69, 9.17) is 4.74 Å². The van der Waals surface area contributed by atoms with E-state index in [-0.39, 0.29) is 5.92 Å². The van der Waals surface area contributed by atoms with E-state index in [9.17, 15) is 9.90 Å². The van der Waals surface area contributed by atoms with Gasteiger partial charge in [-0.1, -0.05) is 60.7 Å². The number of nitrogens with zero attached hydrogens (tertiary/aromatic N) is 2. The van der Waals surface area contributed by atoms with Gasteiger partial charge in [0.25, 0.3) is 0 Å². The molecule has 0 radical (unpaired) electrons. The molecule has 1 fully saturated rings. The molecule has 0 bridgehead atoms. The third-order valence-corrected chi connectivity index (χ3v) is 6.10. The van der Waals surface area contributed by atoms with Crippen molar-refractivity contribution in [1.82, 2.24) is 4.90 Å². The van der Waals surface area contributed by atoms with Crippen LogP contribution in [0.2, 0.25) is 0 Å². The minimum Gasteiger partial charge on any atom is -0.472 e. The number of para-hydroxylation sites is 1. The smallest absolute Gasteiger partial charge is 0.178 e. The molecule has 3 aromatic rings. The maximum Gasteiger partial charge on any atom is 0.178 e. The van der Waals surface area contributed by atoms with Crippen LogP contribution in [0.3, 0.4) is 0 Å². The summed E-state index contributed by atoms with van der Waals surface area (Å²) in [4.78, 5) is 15.6. The first-order chi connectivity index (χ1) is 16.2. The quantitative estimate of drug-likeness (QED) is 0.532. The zero-order valence-electron chi connectivity index (χ0n) is 18.9. The van der Waals surface area contributed by atoms with Crippen molar-refractivity contribution in [2.45, 2.75) is 25.2 Å². The van der Waals surface area contributed by atoms with E-state index in [0.717, 1.165) is 37.3 Å². The van der Waals surface area contributed by atoms with E-state index < -0.39 is 12.3 Å². The molecule has 1 aliphatic rings. The molecule has 4 rings (SSSR count). The summed E-state index contributed by atoms with van der Waals surface area (Å²) in [5.74, 6) is 2.47. The lowest BCUT2D eigenvalue weighted by Gasteiger charge is -2.40. The van der Waals surface area contributed by atoms with Gasteiger partial charge in [0.1, 0.15) is 17.8 Å². The van der Waals surface area contributed by atoms with Crippen LogP contribution in [-0.2, 0) is 4.79 Å². The largest absolute Gasteiger partial charge is 0.472 e. The number of allylic oxidation sites excluding steroid dienone is 1. The Morgan fingerprint density at radius 3 is 2.00 bits per heavy atom. The summed E-state index contributed by atoms with van der Waals surface area (Å²) in [6.07, 6.45) is 0.479. The fourth-order valence-electron chi connectivity index (χ4n) is 4.36. The predicted octanol–water partition coefficient (Wildman–Crippen LogP) is 4.11. The Hall–Kier alpha value is -3.37. The Bertz CT molecular complexity index is 1040. The van der Waals surface area contributed by atoms with Gasteiger partial charge in [0.05, 0.1) is 0 Å². The Morgan fingerprint density at radius 1 is 0.848 bits per heavy atom. The van der Waals surface area contributed by atoms with E-state index in [1.807, 2.05) is 66.6 Å². The summed E-state index contributed by atoms with van der Waals surface area (Å²) in [6, 6.07) is 28.0. The van der Waals surface area contributed by atoms with Crippen molar-refractivity contribution >= 4 is 11.6 Å². The van der Waals surface area contributed by atoms with Gasteiger partial charge >= 0.3 is 0 Å². The SMILES string of the molecule is CC(O)C(Oc1ccc(C(C=C=O)c2ccccc2)cc1)N1CCN(c2ccccc2)CC1. The Kier molecular flexibility index (Phi) is 7.59. The van der Waals surface area contributed by atoms with E-state index in [1.165, 1.54) is 11.8 Å². The van der Waals surface area contributed by atoms with Crippen molar-refractivity contribution in [3.63, 3.8) is 0 Å². The second-order valence-corrected chi connectivity index (χ2v) is 8.35. The number of benzene rings is 3. The molecule has 3 aromatic carbocycles. The number of ether oxygens (including phenoxy) is 1. The molecule has 3 atom stereocenters. The van der Waals surface area contributed by atoms with Crippen LogP contribution in [0.15, 0.2) is 91.0 Å². The normalized spacial score (nSPS) is 17.0. The van der Waals surface area contributed by atoms with Gasteiger partial charge in [-0.05, 0) is 42.3 Å². The maximum absolute atomic E-state index is 11.1. The van der Waals surface area contributed by atoms with E-state index in [0.29, 0.717) is 5.75 Å². The molecule has 0 saturated carbocycles. The second kappa shape index (κ2) is 11.0. The molecule has 1 saturated heterocycles. The lowest BCUT2D eigenvalue weighted by Crippen LogP contribution is -2.55. The zero-order chi connectivity index (χ0) is 23.0. The van der Waals surface area contributed by atoms with Crippen molar-refractivity contribution < 1.29 is 14.6 Å². The van der Waals surface area contributed by atoms with Crippen molar-refractivity contribution in [2.24, 2.45) is 0 Å². The number of hydrogen-bond acceptors (Lipinski definition) is 5. The molecule has 5 nitrogen and oxygen atoms in total. The van der Waals surface area contributed by atoms with Gasteiger partial charge in [-0.15, -0.1) is 0 Å². The fourth-order valence-corrected chi connectivity index (χ4v) is 4.36. The first kappa shape index (κ1) is 22.8. The van der Waals surface area contributed by atoms with Gasteiger partial charge in [0, 0.05) is 43.9 Å². The zero-order valence-corrected chi connectivity index (χ0v) is 18.9. The van der Waals surface area contributed by atoms with Crippen LogP contribution in [-0.4, -0.2) is 54.5 Å². The number of aliphatic hydroxyl groups excluding tert-OH is 1. The molecule has 0 spiro atoms. The lowest BCUT2D eigenvalue weighted by molar-refractivity contribution is -0.0601. The molecule has 1 N–H and O–H groups in total. The van der Waals surface area contributed by atoms with Crippen molar-refractivity contribution in [3.8, 4) is 5.75 Å². The average Bonchev–Trinajstić information content (AvgIpc) is 2.87. The van der Waals surface area contributed by atoms with Gasteiger partial charge in [-0.3, -0.25) is 4.90 Å². The summed E-state index contributed by atoms with van der Waals surface area (Å²) in [5.41, 5.74) is 3.24. The van der Waals surface area contributed by atoms with Crippen LogP contribution in [0.5, 0.6) is 5.75 Å². The van der Waals surface area contributed by atoms with Gasteiger partial charge < -0.3 is 14.7 Å². The number of piperazine rings is 1. The van der Waals surface area contributed by atoms with Gasteiger partial charge in [0.15, 0.2) is 6.23 Å². The Labute approximate surface area is 195 Å². The number of rotatable bonds is 8. The van der Waals surface area contributed by atoms with Crippen LogP contribution >= 0.6 is 0 Å². The fraction of sp³-hybridized carbons (Fsp3) is 0.286. The minimum absolute atomic E-state index is 0.156. The minimum atomic E-state index is -0.636. The van der Waals surface area contributed by atoms with Crippen molar-refractivity contribution in [3.05, 3.63) is 102 Å². The number of anilines is 1. The first-order valence-corrected chi connectivity index (χ1v) is 11.4. The summed E-state index contributed by atoms with van der Waals surface area (Å²) >= 11 is 0. The summed E-state index contributed by atoms with van der Waals surface area (Å²) in [6.45, 7) is 5.15. The highest BCUT2D eigenvalue weighted by Crippen LogP contribution is 2.28. The lowest BCUT2D eigenvalue weighted by atomic mass is 9.91. The average molecular weight is 443 g/mol.